The summed E-state index contributed by atoms with van der Waals surface area (Å²) in [5.74, 6) is 0. The van der Waals surface area contributed by atoms with Gasteiger partial charge in [-0.15, -0.1) is 0 Å². The van der Waals surface area contributed by atoms with Gasteiger partial charge in [-0.05, 0) is 80.6 Å². The van der Waals surface area contributed by atoms with Crippen LogP contribution in [0.25, 0.3) is 76.7 Å². The van der Waals surface area contributed by atoms with Gasteiger partial charge in [-0.3, -0.25) is 9.97 Å². The summed E-state index contributed by atoms with van der Waals surface area (Å²) < 4.78 is 0. The van der Waals surface area contributed by atoms with Crippen molar-refractivity contribution in [1.82, 2.24) is 9.97 Å². The summed E-state index contributed by atoms with van der Waals surface area (Å²) >= 11 is 0. The molecule has 8 rings (SSSR count). The molecule has 0 saturated heterocycles. The number of pyridine rings is 2. The first-order valence-electron chi connectivity index (χ1n) is 17.4. The number of benzene rings is 6. The van der Waals surface area contributed by atoms with Gasteiger partial charge in [0.15, 0.2) is 0 Å². The first-order valence-corrected chi connectivity index (χ1v) is 17.4. The number of fused-ring (bicyclic) bond motifs is 4. The zero-order valence-electron chi connectivity index (χ0n) is 29.6. The molecule has 0 fully saturated rings. The van der Waals surface area contributed by atoms with Gasteiger partial charge in [-0.25, -0.2) is 0 Å². The fourth-order valence-electron chi connectivity index (χ4n) is 6.75. The first kappa shape index (κ1) is 34.0. The molecule has 0 atom stereocenters. The van der Waals surface area contributed by atoms with Gasteiger partial charge in [-0.1, -0.05) is 151 Å². The molecule has 2 nitrogen and oxygen atoms in total. The average molecular weight is 627 g/mol. The minimum atomic E-state index is 1.01. The molecule has 0 saturated carbocycles. The molecule has 0 radical (unpaired) electrons. The Hall–Kier alpha value is -5.34. The van der Waals surface area contributed by atoms with Crippen molar-refractivity contribution >= 4 is 43.1 Å². The molecule has 240 valence electrons. The number of rotatable bonds is 3. The number of hydrogen-bond acceptors (Lipinski definition) is 2. The predicted molar refractivity (Wildman–Crippen MR) is 212 cm³/mol. The smallest absolute Gasteiger partial charge is 0.0792 e. The number of aryl methyl sites for hydroxylation is 2. The highest BCUT2D eigenvalue weighted by atomic mass is 14.7. The number of nitrogens with zero attached hydrogens (tertiary/aromatic N) is 2. The van der Waals surface area contributed by atoms with E-state index in [-0.39, 0.29) is 0 Å². The molecule has 6 aromatic carbocycles. The van der Waals surface area contributed by atoms with E-state index in [1.165, 1.54) is 65.7 Å². The van der Waals surface area contributed by atoms with Crippen molar-refractivity contribution in [1.29, 1.82) is 0 Å². The molecule has 2 heterocycles. The molecule has 0 N–H and O–H groups in total. The first-order chi connectivity index (χ1) is 23.7. The summed E-state index contributed by atoms with van der Waals surface area (Å²) in [5, 5.41) is 9.47. The van der Waals surface area contributed by atoms with Gasteiger partial charge in [0.2, 0.25) is 0 Å². The van der Waals surface area contributed by atoms with Crippen molar-refractivity contribution in [2.24, 2.45) is 0 Å². The molecule has 0 spiro atoms. The topological polar surface area (TPSA) is 25.8 Å². The van der Waals surface area contributed by atoms with E-state index >= 15 is 0 Å². The third kappa shape index (κ3) is 5.95. The van der Waals surface area contributed by atoms with Crippen LogP contribution in [0.2, 0.25) is 0 Å². The minimum absolute atomic E-state index is 1.01. The SMILES string of the molecule is CC.CC.CC.Cc1ccccc1-c1ccc2c(-c3nccc4ccccc34)c3ccccc3c(-c3nccc4ccccc34)c2c1C. The molecule has 0 aliphatic rings. The molecular formula is C46H46N2. The zero-order valence-corrected chi connectivity index (χ0v) is 29.6. The van der Waals surface area contributed by atoms with Crippen LogP contribution in [0.15, 0.2) is 134 Å². The van der Waals surface area contributed by atoms with Crippen LogP contribution in [0.5, 0.6) is 0 Å². The van der Waals surface area contributed by atoms with Gasteiger partial charge in [0.1, 0.15) is 0 Å². The normalized spacial score (nSPS) is 10.5. The summed E-state index contributed by atoms with van der Waals surface area (Å²) in [4.78, 5) is 10.1. The average Bonchev–Trinajstić information content (AvgIpc) is 3.16. The van der Waals surface area contributed by atoms with Crippen molar-refractivity contribution in [2.75, 3.05) is 0 Å². The Morgan fingerprint density at radius 1 is 0.375 bits per heavy atom. The highest BCUT2D eigenvalue weighted by molar-refractivity contribution is 6.25. The lowest BCUT2D eigenvalue weighted by atomic mass is 9.83. The molecule has 2 aromatic heterocycles. The van der Waals surface area contributed by atoms with Crippen LogP contribution in [-0.2, 0) is 0 Å². The highest BCUT2D eigenvalue weighted by Gasteiger charge is 2.23. The Bertz CT molecular complexity index is 2320. The van der Waals surface area contributed by atoms with Gasteiger partial charge in [0.25, 0.3) is 0 Å². The second kappa shape index (κ2) is 15.5. The van der Waals surface area contributed by atoms with Gasteiger partial charge < -0.3 is 0 Å². The quantitative estimate of drug-likeness (QED) is 0.182. The van der Waals surface area contributed by atoms with Crippen LogP contribution in [0.3, 0.4) is 0 Å². The second-order valence-corrected chi connectivity index (χ2v) is 11.0. The minimum Gasteiger partial charge on any atom is -0.256 e. The van der Waals surface area contributed by atoms with Crippen molar-refractivity contribution in [2.45, 2.75) is 55.4 Å². The monoisotopic (exact) mass is 626 g/mol. The van der Waals surface area contributed by atoms with Crippen molar-refractivity contribution in [3.05, 3.63) is 145 Å². The predicted octanol–water partition coefficient (Wildman–Crippen LogP) is 13.8. The third-order valence-corrected chi connectivity index (χ3v) is 8.71. The van der Waals surface area contributed by atoms with E-state index in [9.17, 15) is 0 Å². The van der Waals surface area contributed by atoms with E-state index in [0.717, 1.165) is 22.2 Å². The summed E-state index contributed by atoms with van der Waals surface area (Å²) in [7, 11) is 0. The Balaban J connectivity index is 0.000000713. The number of aromatic nitrogens is 2. The van der Waals surface area contributed by atoms with Crippen molar-refractivity contribution in [3.8, 4) is 33.6 Å². The standard InChI is InChI=1S/C40H28N2.3C2H6/c1-25-11-3-6-14-29(25)30-19-20-35-36(26(30)2)38(40-32-16-8-5-13-28(32)22-24-42-40)34-18-10-9-17-33(34)37(35)39-31-15-7-4-12-27(31)21-23-41-39;3*1-2/h3-24H,1-2H3;3*1-2H3. The van der Waals surface area contributed by atoms with Crippen LogP contribution in [0.4, 0.5) is 0 Å². The second-order valence-electron chi connectivity index (χ2n) is 11.0. The van der Waals surface area contributed by atoms with Crippen molar-refractivity contribution < 1.29 is 0 Å². The van der Waals surface area contributed by atoms with Gasteiger partial charge in [0, 0.05) is 34.3 Å². The molecular weight excluding hydrogens is 581 g/mol. The molecule has 0 amide bonds. The van der Waals surface area contributed by atoms with E-state index in [4.69, 9.17) is 9.97 Å². The largest absolute Gasteiger partial charge is 0.256 e. The lowest BCUT2D eigenvalue weighted by molar-refractivity contribution is 1.36. The molecule has 48 heavy (non-hydrogen) atoms. The zero-order chi connectivity index (χ0) is 34.2. The van der Waals surface area contributed by atoms with Crippen molar-refractivity contribution in [3.63, 3.8) is 0 Å². The van der Waals surface area contributed by atoms with E-state index in [0.29, 0.717) is 0 Å². The van der Waals surface area contributed by atoms with E-state index in [1.54, 1.807) is 0 Å². The maximum Gasteiger partial charge on any atom is 0.0792 e. The Morgan fingerprint density at radius 2 is 0.833 bits per heavy atom. The van der Waals surface area contributed by atoms with Crippen LogP contribution >= 0.6 is 0 Å². The lowest BCUT2D eigenvalue weighted by Gasteiger charge is -2.21. The van der Waals surface area contributed by atoms with Gasteiger partial charge in [-0.2, -0.15) is 0 Å². The van der Waals surface area contributed by atoms with E-state index < -0.39 is 0 Å². The van der Waals surface area contributed by atoms with Crippen LogP contribution in [-0.4, -0.2) is 9.97 Å². The third-order valence-electron chi connectivity index (χ3n) is 8.71. The van der Waals surface area contributed by atoms with Crippen LogP contribution < -0.4 is 0 Å². The maximum atomic E-state index is 5.08. The Kier molecular flexibility index (Phi) is 11.0. The maximum absolute atomic E-state index is 5.08. The summed E-state index contributed by atoms with van der Waals surface area (Å²) in [6.07, 6.45) is 3.88. The lowest BCUT2D eigenvalue weighted by Crippen LogP contribution is -1.98. The van der Waals surface area contributed by atoms with Gasteiger partial charge >= 0.3 is 0 Å². The highest BCUT2D eigenvalue weighted by Crippen LogP contribution is 2.48. The Morgan fingerprint density at radius 3 is 1.40 bits per heavy atom. The Labute approximate surface area is 286 Å². The summed E-state index contributed by atoms with van der Waals surface area (Å²) in [5.41, 5.74) is 9.38. The van der Waals surface area contributed by atoms with Gasteiger partial charge in [0.05, 0.1) is 11.4 Å². The molecule has 0 aliphatic carbocycles. The van der Waals surface area contributed by atoms with E-state index in [2.05, 4.69) is 135 Å². The molecule has 2 heteroatoms. The fourth-order valence-corrected chi connectivity index (χ4v) is 6.75. The van der Waals surface area contributed by atoms with Crippen LogP contribution in [0.1, 0.15) is 52.7 Å². The summed E-state index contributed by atoms with van der Waals surface area (Å²) in [6, 6.07) is 43.4. The van der Waals surface area contributed by atoms with E-state index in [1.807, 2.05) is 53.9 Å². The molecule has 0 bridgehead atoms. The van der Waals surface area contributed by atoms with Crippen LogP contribution in [0, 0.1) is 13.8 Å². The fraction of sp³-hybridized carbons (Fsp3) is 0.174. The molecule has 0 aliphatic heterocycles. The summed E-state index contributed by atoms with van der Waals surface area (Å²) in [6.45, 7) is 16.5. The molecule has 8 aromatic rings. The molecule has 0 unspecified atom stereocenters. The number of hydrogen-bond donors (Lipinski definition) is 0.